The first kappa shape index (κ1) is 11.5. The topological polar surface area (TPSA) is 60.2 Å². The van der Waals surface area contributed by atoms with Gasteiger partial charge in [0.1, 0.15) is 0 Å². The first-order valence-electron chi connectivity index (χ1n) is 5.75. The molecule has 0 aliphatic heterocycles. The zero-order valence-corrected chi connectivity index (χ0v) is 9.65. The minimum absolute atomic E-state index is 0.260. The molecule has 0 radical (unpaired) electrons. The summed E-state index contributed by atoms with van der Waals surface area (Å²) in [4.78, 5) is 4.48. The second kappa shape index (κ2) is 5.39. The Morgan fingerprint density at radius 1 is 1.69 bits per heavy atom. The second-order valence-electron chi connectivity index (χ2n) is 4.25. The number of aromatic nitrogens is 1. The van der Waals surface area contributed by atoms with Crippen molar-refractivity contribution in [1.82, 2.24) is 10.4 Å². The Kier molecular flexibility index (Phi) is 3.88. The van der Waals surface area contributed by atoms with Crippen LogP contribution in [-0.4, -0.2) is 24.7 Å². The molecule has 1 aliphatic carbocycles. The molecule has 2 unspecified atom stereocenters. The van der Waals surface area contributed by atoms with Gasteiger partial charge in [0.25, 0.3) is 0 Å². The van der Waals surface area contributed by atoms with Crippen LogP contribution in [0.15, 0.2) is 18.3 Å². The largest absolute Gasteiger partial charge is 0.385 e. The van der Waals surface area contributed by atoms with Crippen LogP contribution in [0.2, 0.25) is 0 Å². The molecule has 2 rings (SSSR count). The van der Waals surface area contributed by atoms with Crippen molar-refractivity contribution in [2.75, 3.05) is 13.7 Å². The van der Waals surface area contributed by atoms with E-state index in [-0.39, 0.29) is 6.04 Å². The average Bonchev–Trinajstić information content (AvgIpc) is 2.75. The number of nitrogens with two attached hydrogens (primary N) is 1. The number of hydrogen-bond donors (Lipinski definition) is 2. The monoisotopic (exact) mass is 221 g/mol. The average molecular weight is 221 g/mol. The summed E-state index contributed by atoms with van der Waals surface area (Å²) >= 11 is 0. The number of fused-ring (bicyclic) bond motifs is 1. The van der Waals surface area contributed by atoms with Gasteiger partial charge in [-0.1, -0.05) is 6.07 Å². The van der Waals surface area contributed by atoms with Crippen LogP contribution >= 0.6 is 0 Å². The van der Waals surface area contributed by atoms with Crippen LogP contribution in [0.25, 0.3) is 0 Å². The fourth-order valence-corrected chi connectivity index (χ4v) is 2.48. The van der Waals surface area contributed by atoms with E-state index < -0.39 is 0 Å². The third-order valence-electron chi connectivity index (χ3n) is 3.33. The Balaban J connectivity index is 2.10. The molecule has 0 saturated carbocycles. The predicted molar refractivity (Wildman–Crippen MR) is 62.9 cm³/mol. The van der Waals surface area contributed by atoms with Crippen molar-refractivity contribution in [2.24, 2.45) is 5.84 Å². The van der Waals surface area contributed by atoms with E-state index in [0.717, 1.165) is 25.9 Å². The van der Waals surface area contributed by atoms with Gasteiger partial charge in [0.15, 0.2) is 0 Å². The lowest BCUT2D eigenvalue weighted by molar-refractivity contribution is 0.177. The van der Waals surface area contributed by atoms with Crippen molar-refractivity contribution in [3.63, 3.8) is 0 Å². The van der Waals surface area contributed by atoms with Gasteiger partial charge in [0.05, 0.1) is 0 Å². The number of pyridine rings is 1. The summed E-state index contributed by atoms with van der Waals surface area (Å²) in [6.45, 7) is 0.730. The molecule has 0 bridgehead atoms. The van der Waals surface area contributed by atoms with Gasteiger partial charge in [0.2, 0.25) is 0 Å². The standard InChI is InChI=1S/C12H19N3O/c1-16-8-6-11(15-13)10-5-4-9-3-2-7-14-12(9)10/h2-3,7,10-11,15H,4-6,8,13H2,1H3. The smallest absolute Gasteiger partial charge is 0.0482 e. The van der Waals surface area contributed by atoms with E-state index in [0.29, 0.717) is 5.92 Å². The number of nitrogens with zero attached hydrogens (tertiary/aromatic N) is 1. The molecule has 3 N–H and O–H groups in total. The Hall–Kier alpha value is -0.970. The van der Waals surface area contributed by atoms with Gasteiger partial charge in [-0.2, -0.15) is 0 Å². The summed E-state index contributed by atoms with van der Waals surface area (Å²) in [7, 11) is 1.72. The SMILES string of the molecule is COCCC(NN)C1CCc2cccnc21. The highest BCUT2D eigenvalue weighted by Gasteiger charge is 2.29. The molecule has 1 heterocycles. The molecule has 1 aromatic heterocycles. The molecule has 4 nitrogen and oxygen atoms in total. The van der Waals surface area contributed by atoms with Crippen molar-refractivity contribution in [3.8, 4) is 0 Å². The molecular weight excluding hydrogens is 202 g/mol. The van der Waals surface area contributed by atoms with E-state index in [1.165, 1.54) is 11.3 Å². The highest BCUT2D eigenvalue weighted by atomic mass is 16.5. The summed E-state index contributed by atoms with van der Waals surface area (Å²) in [5.74, 6) is 6.04. The Labute approximate surface area is 96.2 Å². The zero-order chi connectivity index (χ0) is 11.4. The van der Waals surface area contributed by atoms with Crippen LogP contribution in [0, 0.1) is 0 Å². The molecule has 16 heavy (non-hydrogen) atoms. The number of methoxy groups -OCH3 is 1. The maximum Gasteiger partial charge on any atom is 0.0482 e. The van der Waals surface area contributed by atoms with Crippen LogP contribution in [-0.2, 0) is 11.2 Å². The highest BCUT2D eigenvalue weighted by Crippen LogP contribution is 2.34. The molecule has 1 aromatic rings. The van der Waals surface area contributed by atoms with Crippen LogP contribution < -0.4 is 11.3 Å². The van der Waals surface area contributed by atoms with E-state index >= 15 is 0 Å². The van der Waals surface area contributed by atoms with Crippen molar-refractivity contribution >= 4 is 0 Å². The van der Waals surface area contributed by atoms with Crippen LogP contribution in [0.3, 0.4) is 0 Å². The van der Waals surface area contributed by atoms with Crippen molar-refractivity contribution in [3.05, 3.63) is 29.6 Å². The van der Waals surface area contributed by atoms with Gasteiger partial charge in [-0.3, -0.25) is 16.3 Å². The summed E-state index contributed by atoms with van der Waals surface area (Å²) in [5, 5.41) is 0. The van der Waals surface area contributed by atoms with Gasteiger partial charge in [-0.15, -0.1) is 0 Å². The molecule has 0 amide bonds. The Bertz CT molecular complexity index is 343. The second-order valence-corrected chi connectivity index (χ2v) is 4.25. The van der Waals surface area contributed by atoms with E-state index in [4.69, 9.17) is 10.6 Å². The number of ether oxygens (including phenoxy) is 1. The van der Waals surface area contributed by atoms with Gasteiger partial charge < -0.3 is 4.74 Å². The van der Waals surface area contributed by atoms with E-state index in [1.807, 2.05) is 12.3 Å². The lowest BCUT2D eigenvalue weighted by Gasteiger charge is -2.22. The zero-order valence-electron chi connectivity index (χ0n) is 9.65. The normalized spacial score (nSPS) is 20.8. The van der Waals surface area contributed by atoms with Gasteiger partial charge in [-0.25, -0.2) is 0 Å². The molecule has 0 fully saturated rings. The van der Waals surface area contributed by atoms with Crippen molar-refractivity contribution in [1.29, 1.82) is 0 Å². The summed E-state index contributed by atoms with van der Waals surface area (Å²) in [5.41, 5.74) is 5.48. The molecule has 2 atom stereocenters. The van der Waals surface area contributed by atoms with Gasteiger partial charge in [0, 0.05) is 37.6 Å². The van der Waals surface area contributed by atoms with Crippen molar-refractivity contribution in [2.45, 2.75) is 31.2 Å². The van der Waals surface area contributed by atoms with E-state index in [2.05, 4.69) is 16.5 Å². The molecular formula is C12H19N3O. The molecule has 4 heteroatoms. The van der Waals surface area contributed by atoms with Crippen LogP contribution in [0.5, 0.6) is 0 Å². The fourth-order valence-electron chi connectivity index (χ4n) is 2.48. The fraction of sp³-hybridized carbons (Fsp3) is 0.583. The number of nitrogens with one attached hydrogen (secondary N) is 1. The highest BCUT2D eigenvalue weighted by molar-refractivity contribution is 5.29. The lowest BCUT2D eigenvalue weighted by Crippen LogP contribution is -2.40. The van der Waals surface area contributed by atoms with Crippen LogP contribution in [0.1, 0.15) is 30.0 Å². The summed E-state index contributed by atoms with van der Waals surface area (Å²) < 4.78 is 5.11. The number of aryl methyl sites for hydroxylation is 1. The summed E-state index contributed by atoms with van der Waals surface area (Å²) in [6.07, 6.45) is 5.03. The third kappa shape index (κ3) is 2.24. The maximum atomic E-state index is 5.62. The van der Waals surface area contributed by atoms with Crippen LogP contribution in [0.4, 0.5) is 0 Å². The van der Waals surface area contributed by atoms with Gasteiger partial charge >= 0.3 is 0 Å². The number of rotatable bonds is 5. The van der Waals surface area contributed by atoms with Crippen molar-refractivity contribution < 1.29 is 4.74 Å². The quantitative estimate of drug-likeness (QED) is 0.575. The van der Waals surface area contributed by atoms with E-state index in [9.17, 15) is 0 Å². The first-order chi connectivity index (χ1) is 7.86. The minimum atomic E-state index is 0.260. The molecule has 0 aromatic carbocycles. The molecule has 1 aliphatic rings. The molecule has 0 saturated heterocycles. The number of hydrogen-bond acceptors (Lipinski definition) is 4. The van der Waals surface area contributed by atoms with E-state index in [1.54, 1.807) is 7.11 Å². The molecule has 0 spiro atoms. The first-order valence-corrected chi connectivity index (χ1v) is 5.75. The maximum absolute atomic E-state index is 5.62. The summed E-state index contributed by atoms with van der Waals surface area (Å²) in [6, 6.07) is 4.42. The third-order valence-corrected chi connectivity index (χ3v) is 3.33. The Morgan fingerprint density at radius 2 is 2.56 bits per heavy atom. The lowest BCUT2D eigenvalue weighted by atomic mass is 9.95. The molecule has 88 valence electrons. The minimum Gasteiger partial charge on any atom is -0.385 e. The number of hydrazine groups is 1. The predicted octanol–water partition coefficient (Wildman–Crippen LogP) is 0.980. The van der Waals surface area contributed by atoms with Gasteiger partial charge in [-0.05, 0) is 30.9 Å². The Morgan fingerprint density at radius 3 is 3.31 bits per heavy atom.